The van der Waals surface area contributed by atoms with Gasteiger partial charge in [-0.2, -0.15) is 0 Å². The topological polar surface area (TPSA) is 49.8 Å². The van der Waals surface area contributed by atoms with E-state index in [0.717, 1.165) is 24.7 Å². The molecule has 0 saturated carbocycles. The number of hydrogen-bond donors (Lipinski definition) is 2. The van der Waals surface area contributed by atoms with Crippen LogP contribution in [0.2, 0.25) is 0 Å². The standard InChI is InChI=1S/C12H22N4/c1-3-5-6-7-8-14-12-9-11(13-4-2)15-10-16-12/h9-10H,3-8H2,1-2H3,(H2,13,14,15,16). The number of nitrogens with zero attached hydrogens (tertiary/aromatic N) is 2. The Balaban J connectivity index is 2.27. The summed E-state index contributed by atoms with van der Waals surface area (Å²) in [4.78, 5) is 8.30. The van der Waals surface area contributed by atoms with Gasteiger partial charge in [0.15, 0.2) is 0 Å². The summed E-state index contributed by atoms with van der Waals surface area (Å²) in [6.45, 7) is 6.15. The average Bonchev–Trinajstić information content (AvgIpc) is 2.30. The third-order valence-electron chi connectivity index (χ3n) is 2.36. The Bertz CT molecular complexity index is 288. The van der Waals surface area contributed by atoms with Gasteiger partial charge in [-0.05, 0) is 13.3 Å². The largest absolute Gasteiger partial charge is 0.370 e. The van der Waals surface area contributed by atoms with Gasteiger partial charge in [-0.3, -0.25) is 0 Å². The highest BCUT2D eigenvalue weighted by atomic mass is 15.1. The third kappa shape index (κ3) is 4.96. The number of aromatic nitrogens is 2. The molecular formula is C12H22N4. The lowest BCUT2D eigenvalue weighted by atomic mass is 10.2. The van der Waals surface area contributed by atoms with Crippen molar-refractivity contribution in [1.82, 2.24) is 9.97 Å². The minimum atomic E-state index is 0.882. The molecule has 1 rings (SSSR count). The van der Waals surface area contributed by atoms with Crippen molar-refractivity contribution in [2.75, 3.05) is 23.7 Å². The van der Waals surface area contributed by atoms with Crippen LogP contribution in [0.4, 0.5) is 11.6 Å². The molecule has 0 amide bonds. The first-order valence-electron chi connectivity index (χ1n) is 6.16. The molecule has 1 heterocycles. The summed E-state index contributed by atoms with van der Waals surface area (Å²) in [7, 11) is 0. The predicted octanol–water partition coefficient (Wildman–Crippen LogP) is 2.90. The molecule has 0 aromatic carbocycles. The molecule has 4 heteroatoms. The second kappa shape index (κ2) is 7.91. The molecule has 0 radical (unpaired) electrons. The minimum Gasteiger partial charge on any atom is -0.370 e. The van der Waals surface area contributed by atoms with Gasteiger partial charge >= 0.3 is 0 Å². The van der Waals surface area contributed by atoms with Crippen molar-refractivity contribution < 1.29 is 0 Å². The first-order valence-corrected chi connectivity index (χ1v) is 6.16. The lowest BCUT2D eigenvalue weighted by Crippen LogP contribution is -2.05. The molecule has 16 heavy (non-hydrogen) atoms. The van der Waals surface area contributed by atoms with Gasteiger partial charge in [-0.25, -0.2) is 9.97 Å². The van der Waals surface area contributed by atoms with Crippen LogP contribution in [0.1, 0.15) is 39.5 Å². The number of anilines is 2. The van der Waals surface area contributed by atoms with Gasteiger partial charge in [-0.1, -0.05) is 26.2 Å². The minimum absolute atomic E-state index is 0.882. The Hall–Kier alpha value is -1.32. The first kappa shape index (κ1) is 12.7. The summed E-state index contributed by atoms with van der Waals surface area (Å²) in [5, 5.41) is 6.48. The molecule has 4 nitrogen and oxygen atoms in total. The predicted molar refractivity (Wildman–Crippen MR) is 68.8 cm³/mol. The molecule has 0 bridgehead atoms. The lowest BCUT2D eigenvalue weighted by molar-refractivity contribution is 0.684. The van der Waals surface area contributed by atoms with Crippen molar-refractivity contribution >= 4 is 11.6 Å². The third-order valence-corrected chi connectivity index (χ3v) is 2.36. The van der Waals surface area contributed by atoms with E-state index < -0.39 is 0 Å². The van der Waals surface area contributed by atoms with Gasteiger partial charge in [0.2, 0.25) is 0 Å². The molecule has 0 aliphatic rings. The van der Waals surface area contributed by atoms with E-state index in [9.17, 15) is 0 Å². The Kier molecular flexibility index (Phi) is 6.30. The van der Waals surface area contributed by atoms with E-state index in [4.69, 9.17) is 0 Å². The van der Waals surface area contributed by atoms with Crippen LogP contribution in [0.25, 0.3) is 0 Å². The van der Waals surface area contributed by atoms with Crippen molar-refractivity contribution in [2.24, 2.45) is 0 Å². The Labute approximate surface area is 97.9 Å². The van der Waals surface area contributed by atoms with Crippen LogP contribution < -0.4 is 10.6 Å². The van der Waals surface area contributed by atoms with E-state index in [-0.39, 0.29) is 0 Å². The van der Waals surface area contributed by atoms with Crippen LogP contribution in [0, 0.1) is 0 Å². The molecule has 0 aliphatic carbocycles. The van der Waals surface area contributed by atoms with Crippen LogP contribution in [-0.2, 0) is 0 Å². The highest BCUT2D eigenvalue weighted by Gasteiger charge is 1.96. The van der Waals surface area contributed by atoms with E-state index in [2.05, 4.69) is 34.4 Å². The molecule has 90 valence electrons. The van der Waals surface area contributed by atoms with Crippen LogP contribution in [0.5, 0.6) is 0 Å². The zero-order valence-electron chi connectivity index (χ0n) is 10.3. The zero-order valence-corrected chi connectivity index (χ0v) is 10.3. The second-order valence-corrected chi connectivity index (χ2v) is 3.81. The highest BCUT2D eigenvalue weighted by Crippen LogP contribution is 2.08. The van der Waals surface area contributed by atoms with Crippen molar-refractivity contribution in [2.45, 2.75) is 39.5 Å². The van der Waals surface area contributed by atoms with E-state index in [0.29, 0.717) is 0 Å². The fraction of sp³-hybridized carbons (Fsp3) is 0.667. The summed E-state index contributed by atoms with van der Waals surface area (Å²) in [5.74, 6) is 1.79. The fourth-order valence-corrected chi connectivity index (χ4v) is 1.50. The maximum atomic E-state index is 4.18. The zero-order chi connectivity index (χ0) is 11.6. The van der Waals surface area contributed by atoms with E-state index in [1.807, 2.05) is 6.07 Å². The summed E-state index contributed by atoms with van der Waals surface area (Å²) in [5.41, 5.74) is 0. The summed E-state index contributed by atoms with van der Waals surface area (Å²) in [6.07, 6.45) is 6.67. The quantitative estimate of drug-likeness (QED) is 0.664. The van der Waals surface area contributed by atoms with Crippen molar-refractivity contribution in [1.29, 1.82) is 0 Å². The molecule has 1 aromatic heterocycles. The van der Waals surface area contributed by atoms with Gasteiger partial charge in [0.25, 0.3) is 0 Å². The Morgan fingerprint density at radius 2 is 1.75 bits per heavy atom. The molecule has 0 unspecified atom stereocenters. The van der Waals surface area contributed by atoms with Gasteiger partial charge < -0.3 is 10.6 Å². The van der Waals surface area contributed by atoms with E-state index in [1.54, 1.807) is 6.33 Å². The van der Waals surface area contributed by atoms with Crippen LogP contribution in [0.15, 0.2) is 12.4 Å². The SMILES string of the molecule is CCCCCCNc1cc(NCC)ncn1. The fourth-order valence-electron chi connectivity index (χ4n) is 1.50. The molecule has 0 atom stereocenters. The van der Waals surface area contributed by atoms with Crippen molar-refractivity contribution in [3.05, 3.63) is 12.4 Å². The monoisotopic (exact) mass is 222 g/mol. The number of nitrogens with one attached hydrogen (secondary N) is 2. The highest BCUT2D eigenvalue weighted by molar-refractivity contribution is 5.46. The second-order valence-electron chi connectivity index (χ2n) is 3.81. The van der Waals surface area contributed by atoms with Crippen LogP contribution in [-0.4, -0.2) is 23.1 Å². The van der Waals surface area contributed by atoms with Crippen molar-refractivity contribution in [3.63, 3.8) is 0 Å². The Morgan fingerprint density at radius 1 is 1.00 bits per heavy atom. The summed E-state index contributed by atoms with van der Waals surface area (Å²) < 4.78 is 0. The molecule has 0 aliphatic heterocycles. The average molecular weight is 222 g/mol. The smallest absolute Gasteiger partial charge is 0.131 e. The maximum absolute atomic E-state index is 4.18. The molecule has 2 N–H and O–H groups in total. The van der Waals surface area contributed by atoms with Gasteiger partial charge in [0.1, 0.15) is 18.0 Å². The van der Waals surface area contributed by atoms with Crippen LogP contribution in [0.3, 0.4) is 0 Å². The number of rotatable bonds is 8. The van der Waals surface area contributed by atoms with E-state index in [1.165, 1.54) is 25.7 Å². The molecule has 0 fully saturated rings. The van der Waals surface area contributed by atoms with Crippen molar-refractivity contribution in [3.8, 4) is 0 Å². The lowest BCUT2D eigenvalue weighted by Gasteiger charge is -2.07. The molecular weight excluding hydrogens is 200 g/mol. The van der Waals surface area contributed by atoms with Crippen LogP contribution >= 0.6 is 0 Å². The number of unbranched alkanes of at least 4 members (excludes halogenated alkanes) is 3. The summed E-state index contributed by atoms with van der Waals surface area (Å²) in [6, 6.07) is 1.95. The van der Waals surface area contributed by atoms with Gasteiger partial charge in [0.05, 0.1) is 0 Å². The van der Waals surface area contributed by atoms with E-state index >= 15 is 0 Å². The van der Waals surface area contributed by atoms with Gasteiger partial charge in [0, 0.05) is 19.2 Å². The van der Waals surface area contributed by atoms with Gasteiger partial charge in [-0.15, -0.1) is 0 Å². The maximum Gasteiger partial charge on any atom is 0.131 e. The Morgan fingerprint density at radius 3 is 2.44 bits per heavy atom. The normalized spacial score (nSPS) is 10.1. The number of hydrogen-bond acceptors (Lipinski definition) is 4. The molecule has 1 aromatic rings. The first-order chi connectivity index (χ1) is 7.86. The molecule has 0 saturated heterocycles. The summed E-state index contributed by atoms with van der Waals surface area (Å²) >= 11 is 0. The molecule has 0 spiro atoms.